The van der Waals surface area contributed by atoms with Crippen molar-refractivity contribution in [3.63, 3.8) is 0 Å². The predicted molar refractivity (Wildman–Crippen MR) is 63.5 cm³/mol. The number of hydrogen-bond acceptors (Lipinski definition) is 2. The summed E-state index contributed by atoms with van der Waals surface area (Å²) in [5.74, 6) is 0. The SMILES string of the molecule is CCC(CCc1cscc1Br)NC. The van der Waals surface area contributed by atoms with E-state index in [9.17, 15) is 0 Å². The van der Waals surface area contributed by atoms with Gasteiger partial charge in [-0.25, -0.2) is 0 Å². The van der Waals surface area contributed by atoms with Gasteiger partial charge in [-0.2, -0.15) is 11.3 Å². The zero-order valence-corrected chi connectivity index (χ0v) is 10.5. The standard InChI is InChI=1S/C10H16BrNS/c1-3-9(12-2)5-4-8-6-13-7-10(8)11/h6-7,9,12H,3-5H2,1-2H3. The molecule has 1 N–H and O–H groups in total. The quantitative estimate of drug-likeness (QED) is 0.857. The molecule has 1 aromatic rings. The lowest BCUT2D eigenvalue weighted by molar-refractivity contribution is 0.509. The van der Waals surface area contributed by atoms with Crippen molar-refractivity contribution in [1.82, 2.24) is 5.32 Å². The van der Waals surface area contributed by atoms with Crippen molar-refractivity contribution in [2.75, 3.05) is 7.05 Å². The lowest BCUT2D eigenvalue weighted by Crippen LogP contribution is -2.24. The molecule has 1 nitrogen and oxygen atoms in total. The second-order valence-corrected chi connectivity index (χ2v) is 4.78. The molecule has 1 unspecified atom stereocenters. The lowest BCUT2D eigenvalue weighted by atomic mass is 10.1. The van der Waals surface area contributed by atoms with E-state index in [4.69, 9.17) is 0 Å². The molecule has 0 bridgehead atoms. The van der Waals surface area contributed by atoms with Gasteiger partial charge in [-0.1, -0.05) is 6.92 Å². The molecule has 3 heteroatoms. The number of halogens is 1. The summed E-state index contributed by atoms with van der Waals surface area (Å²) in [6.07, 6.45) is 3.60. The van der Waals surface area contributed by atoms with Gasteiger partial charge in [0.25, 0.3) is 0 Å². The minimum Gasteiger partial charge on any atom is -0.317 e. The predicted octanol–water partition coefficient (Wildman–Crippen LogP) is 3.44. The first kappa shape index (κ1) is 11.2. The van der Waals surface area contributed by atoms with Gasteiger partial charge in [0.1, 0.15) is 0 Å². The topological polar surface area (TPSA) is 12.0 Å². The maximum absolute atomic E-state index is 3.55. The van der Waals surface area contributed by atoms with Crippen molar-refractivity contribution in [3.8, 4) is 0 Å². The maximum Gasteiger partial charge on any atom is 0.0314 e. The molecule has 0 aliphatic carbocycles. The van der Waals surface area contributed by atoms with Crippen LogP contribution in [0.4, 0.5) is 0 Å². The molecule has 0 saturated carbocycles. The van der Waals surface area contributed by atoms with Crippen molar-refractivity contribution >= 4 is 27.3 Å². The summed E-state index contributed by atoms with van der Waals surface area (Å²) < 4.78 is 1.27. The molecule has 0 radical (unpaired) electrons. The third-order valence-corrected chi connectivity index (χ3v) is 4.19. The fourth-order valence-electron chi connectivity index (χ4n) is 1.37. The van der Waals surface area contributed by atoms with E-state index in [1.165, 1.54) is 29.3 Å². The summed E-state index contributed by atoms with van der Waals surface area (Å²) in [5.41, 5.74) is 1.44. The Morgan fingerprint density at radius 2 is 2.31 bits per heavy atom. The van der Waals surface area contributed by atoms with E-state index in [1.807, 2.05) is 7.05 Å². The van der Waals surface area contributed by atoms with E-state index in [0.717, 1.165) is 0 Å². The number of thiophene rings is 1. The molecule has 0 fully saturated rings. The van der Waals surface area contributed by atoms with Gasteiger partial charge >= 0.3 is 0 Å². The third-order valence-electron chi connectivity index (χ3n) is 2.35. The van der Waals surface area contributed by atoms with E-state index in [0.29, 0.717) is 6.04 Å². The molecule has 0 spiro atoms. The highest BCUT2D eigenvalue weighted by atomic mass is 79.9. The summed E-state index contributed by atoms with van der Waals surface area (Å²) in [4.78, 5) is 0. The van der Waals surface area contributed by atoms with Crippen LogP contribution in [0.5, 0.6) is 0 Å². The van der Waals surface area contributed by atoms with E-state index >= 15 is 0 Å². The smallest absolute Gasteiger partial charge is 0.0314 e. The second-order valence-electron chi connectivity index (χ2n) is 3.18. The largest absolute Gasteiger partial charge is 0.317 e. The molecule has 0 aliphatic heterocycles. The van der Waals surface area contributed by atoms with Gasteiger partial charge in [-0.15, -0.1) is 0 Å². The molecule has 1 atom stereocenters. The van der Waals surface area contributed by atoms with E-state index < -0.39 is 0 Å². The normalized spacial score (nSPS) is 13.2. The zero-order valence-electron chi connectivity index (χ0n) is 8.14. The maximum atomic E-state index is 3.55. The van der Waals surface area contributed by atoms with Crippen molar-refractivity contribution < 1.29 is 0 Å². The Kier molecular flexibility index (Phi) is 4.99. The van der Waals surface area contributed by atoms with Crippen molar-refractivity contribution in [1.29, 1.82) is 0 Å². The van der Waals surface area contributed by atoms with Crippen LogP contribution in [0.3, 0.4) is 0 Å². The molecule has 0 saturated heterocycles. The average Bonchev–Trinajstić information content (AvgIpc) is 2.54. The van der Waals surface area contributed by atoms with Gasteiger partial charge < -0.3 is 5.32 Å². The summed E-state index contributed by atoms with van der Waals surface area (Å²) in [5, 5.41) is 7.70. The summed E-state index contributed by atoms with van der Waals surface area (Å²) in [7, 11) is 2.04. The van der Waals surface area contributed by atoms with Crippen LogP contribution in [0, 0.1) is 0 Å². The number of nitrogens with one attached hydrogen (secondary N) is 1. The van der Waals surface area contributed by atoms with Crippen LogP contribution in [0.1, 0.15) is 25.3 Å². The molecule has 1 aromatic heterocycles. The average molecular weight is 262 g/mol. The number of rotatable bonds is 5. The number of hydrogen-bond donors (Lipinski definition) is 1. The van der Waals surface area contributed by atoms with Gasteiger partial charge in [0.05, 0.1) is 0 Å². The van der Waals surface area contributed by atoms with Crippen LogP contribution >= 0.6 is 27.3 Å². The van der Waals surface area contributed by atoms with Gasteiger partial charge in [0, 0.05) is 15.9 Å². The highest BCUT2D eigenvalue weighted by Crippen LogP contribution is 2.23. The monoisotopic (exact) mass is 261 g/mol. The first-order chi connectivity index (χ1) is 6.27. The minimum atomic E-state index is 0.659. The van der Waals surface area contributed by atoms with Crippen LogP contribution in [-0.4, -0.2) is 13.1 Å². The van der Waals surface area contributed by atoms with Crippen molar-refractivity contribution in [2.24, 2.45) is 0 Å². The Morgan fingerprint density at radius 1 is 1.54 bits per heavy atom. The molecule has 1 rings (SSSR count). The van der Waals surface area contributed by atoms with Crippen LogP contribution in [0.15, 0.2) is 15.2 Å². The Labute approximate surface area is 92.7 Å². The lowest BCUT2D eigenvalue weighted by Gasteiger charge is -2.12. The fourth-order valence-corrected chi connectivity index (χ4v) is 2.90. The Balaban J connectivity index is 2.38. The Hall–Kier alpha value is 0.140. The number of aryl methyl sites for hydroxylation is 1. The van der Waals surface area contributed by atoms with E-state index in [-0.39, 0.29) is 0 Å². The highest BCUT2D eigenvalue weighted by Gasteiger charge is 2.05. The summed E-state index contributed by atoms with van der Waals surface area (Å²) >= 11 is 5.32. The first-order valence-electron chi connectivity index (χ1n) is 4.65. The molecule has 0 aliphatic rings. The van der Waals surface area contributed by atoms with Gasteiger partial charge in [-0.05, 0) is 53.2 Å². The van der Waals surface area contributed by atoms with Gasteiger partial charge in [0.2, 0.25) is 0 Å². The van der Waals surface area contributed by atoms with Crippen molar-refractivity contribution in [2.45, 2.75) is 32.2 Å². The molecular formula is C10H16BrNS. The highest BCUT2D eigenvalue weighted by molar-refractivity contribution is 9.10. The molecular weight excluding hydrogens is 246 g/mol. The summed E-state index contributed by atoms with van der Waals surface area (Å²) in [6, 6.07) is 0.659. The van der Waals surface area contributed by atoms with Crippen molar-refractivity contribution in [3.05, 3.63) is 20.8 Å². The van der Waals surface area contributed by atoms with E-state index in [1.54, 1.807) is 11.3 Å². The fraction of sp³-hybridized carbons (Fsp3) is 0.600. The van der Waals surface area contributed by atoms with Crippen LogP contribution < -0.4 is 5.32 Å². The minimum absolute atomic E-state index is 0.659. The third kappa shape index (κ3) is 3.41. The zero-order chi connectivity index (χ0) is 9.68. The van der Waals surface area contributed by atoms with Crippen LogP contribution in [-0.2, 0) is 6.42 Å². The molecule has 13 heavy (non-hydrogen) atoms. The second kappa shape index (κ2) is 5.78. The molecule has 1 heterocycles. The Bertz CT molecular complexity index is 243. The van der Waals surface area contributed by atoms with Crippen LogP contribution in [0.2, 0.25) is 0 Å². The van der Waals surface area contributed by atoms with Gasteiger partial charge in [-0.3, -0.25) is 0 Å². The van der Waals surface area contributed by atoms with E-state index in [2.05, 4.69) is 38.9 Å². The molecule has 0 aromatic carbocycles. The molecule has 0 amide bonds. The summed E-state index contributed by atoms with van der Waals surface area (Å²) in [6.45, 7) is 2.23. The Morgan fingerprint density at radius 3 is 2.77 bits per heavy atom. The first-order valence-corrected chi connectivity index (χ1v) is 6.39. The molecule has 74 valence electrons. The van der Waals surface area contributed by atoms with Gasteiger partial charge in [0.15, 0.2) is 0 Å². The van der Waals surface area contributed by atoms with Crippen LogP contribution in [0.25, 0.3) is 0 Å².